The number of ether oxygens (including phenoxy) is 1. The van der Waals surface area contributed by atoms with Gasteiger partial charge in [0.15, 0.2) is 0 Å². The van der Waals surface area contributed by atoms with Gasteiger partial charge in [-0.25, -0.2) is 0 Å². The van der Waals surface area contributed by atoms with Crippen molar-refractivity contribution in [2.24, 2.45) is 0 Å². The standard InChI is InChI=1S/C14H18N2O2/c1-14(2,3)18-13(17)8-9-16-12-7-5-4-6-11(12)10-15/h4-7,16H,8-9H2,1-3H3. The molecular formula is C14H18N2O2. The predicted octanol–water partition coefficient (Wildman–Crippen LogP) is 2.70. The molecule has 18 heavy (non-hydrogen) atoms. The molecule has 0 saturated carbocycles. The summed E-state index contributed by atoms with van der Waals surface area (Å²) in [4.78, 5) is 11.5. The molecule has 4 heteroatoms. The zero-order chi connectivity index (χ0) is 13.6. The summed E-state index contributed by atoms with van der Waals surface area (Å²) in [6, 6.07) is 9.29. The van der Waals surface area contributed by atoms with Crippen molar-refractivity contribution < 1.29 is 9.53 Å². The summed E-state index contributed by atoms with van der Waals surface area (Å²) in [5, 5.41) is 12.0. The Morgan fingerprint density at radius 3 is 2.67 bits per heavy atom. The number of esters is 1. The van der Waals surface area contributed by atoms with Crippen molar-refractivity contribution >= 4 is 11.7 Å². The summed E-state index contributed by atoms with van der Waals surface area (Å²) >= 11 is 0. The maximum absolute atomic E-state index is 11.5. The van der Waals surface area contributed by atoms with Gasteiger partial charge in [-0.3, -0.25) is 4.79 Å². The van der Waals surface area contributed by atoms with Gasteiger partial charge < -0.3 is 10.1 Å². The van der Waals surface area contributed by atoms with E-state index in [0.29, 0.717) is 12.1 Å². The molecule has 0 aromatic heterocycles. The van der Waals surface area contributed by atoms with Crippen LogP contribution >= 0.6 is 0 Å². The first-order valence-electron chi connectivity index (χ1n) is 5.87. The molecule has 0 aliphatic heterocycles. The van der Waals surface area contributed by atoms with E-state index in [0.717, 1.165) is 5.69 Å². The normalized spacial score (nSPS) is 10.6. The summed E-state index contributed by atoms with van der Waals surface area (Å²) in [5.41, 5.74) is 0.854. The molecule has 0 aliphatic carbocycles. The van der Waals surface area contributed by atoms with Crippen molar-refractivity contribution in [1.29, 1.82) is 5.26 Å². The van der Waals surface area contributed by atoms with E-state index in [1.165, 1.54) is 0 Å². The van der Waals surface area contributed by atoms with Gasteiger partial charge in [0.25, 0.3) is 0 Å². The topological polar surface area (TPSA) is 62.1 Å². The first-order chi connectivity index (χ1) is 8.42. The fraction of sp³-hybridized carbons (Fsp3) is 0.429. The minimum Gasteiger partial charge on any atom is -0.460 e. The fourth-order valence-corrected chi connectivity index (χ4v) is 1.43. The van der Waals surface area contributed by atoms with Crippen LogP contribution in [0.25, 0.3) is 0 Å². The third-order valence-electron chi connectivity index (χ3n) is 2.11. The highest BCUT2D eigenvalue weighted by Gasteiger charge is 2.15. The molecule has 96 valence electrons. The number of nitrogens with zero attached hydrogens (tertiary/aromatic N) is 1. The van der Waals surface area contributed by atoms with Crippen LogP contribution in [0.1, 0.15) is 32.8 Å². The number of para-hydroxylation sites is 1. The van der Waals surface area contributed by atoms with E-state index in [4.69, 9.17) is 10.00 Å². The van der Waals surface area contributed by atoms with Gasteiger partial charge in [0.05, 0.1) is 17.7 Å². The van der Waals surface area contributed by atoms with Crippen LogP contribution in [0.15, 0.2) is 24.3 Å². The summed E-state index contributed by atoms with van der Waals surface area (Å²) in [5.74, 6) is -0.246. The molecule has 0 spiro atoms. The van der Waals surface area contributed by atoms with Gasteiger partial charge in [-0.2, -0.15) is 5.26 Å². The van der Waals surface area contributed by atoms with Crippen molar-refractivity contribution in [1.82, 2.24) is 0 Å². The smallest absolute Gasteiger partial charge is 0.308 e. The summed E-state index contributed by atoms with van der Waals surface area (Å²) < 4.78 is 5.19. The molecule has 0 aliphatic rings. The first-order valence-corrected chi connectivity index (χ1v) is 5.87. The number of carbonyl (C=O) groups excluding carboxylic acids is 1. The number of anilines is 1. The third-order valence-corrected chi connectivity index (χ3v) is 2.11. The molecule has 1 aromatic rings. The van der Waals surface area contributed by atoms with Crippen LogP contribution in [0.4, 0.5) is 5.69 Å². The van der Waals surface area contributed by atoms with Crippen molar-refractivity contribution in [3.05, 3.63) is 29.8 Å². The maximum Gasteiger partial charge on any atom is 0.308 e. The molecule has 0 heterocycles. The van der Waals surface area contributed by atoms with Gasteiger partial charge in [-0.1, -0.05) is 12.1 Å². The first kappa shape index (κ1) is 14.0. The molecule has 0 fully saturated rings. The number of nitriles is 1. The van der Waals surface area contributed by atoms with E-state index < -0.39 is 5.60 Å². The summed E-state index contributed by atoms with van der Waals surface area (Å²) in [7, 11) is 0. The number of hydrogen-bond acceptors (Lipinski definition) is 4. The minimum absolute atomic E-state index is 0.246. The zero-order valence-corrected chi connectivity index (χ0v) is 11.0. The molecular weight excluding hydrogens is 228 g/mol. The van der Waals surface area contributed by atoms with E-state index in [2.05, 4.69) is 11.4 Å². The second kappa shape index (κ2) is 6.06. The van der Waals surface area contributed by atoms with Crippen LogP contribution in [-0.4, -0.2) is 18.1 Å². The number of rotatable bonds is 4. The quantitative estimate of drug-likeness (QED) is 0.830. The number of nitrogens with one attached hydrogen (secondary N) is 1. The molecule has 4 nitrogen and oxygen atoms in total. The molecule has 0 atom stereocenters. The van der Waals surface area contributed by atoms with Crippen molar-refractivity contribution in [3.8, 4) is 6.07 Å². The molecule has 0 amide bonds. The third kappa shape index (κ3) is 4.88. The second-order valence-corrected chi connectivity index (χ2v) is 4.92. The number of hydrogen-bond donors (Lipinski definition) is 1. The monoisotopic (exact) mass is 246 g/mol. The lowest BCUT2D eigenvalue weighted by molar-refractivity contribution is -0.154. The Labute approximate surface area is 108 Å². The number of benzene rings is 1. The Hall–Kier alpha value is -2.02. The maximum atomic E-state index is 11.5. The number of carbonyl (C=O) groups is 1. The largest absolute Gasteiger partial charge is 0.460 e. The van der Waals surface area contributed by atoms with E-state index in [1.54, 1.807) is 12.1 Å². The van der Waals surface area contributed by atoms with E-state index in [-0.39, 0.29) is 12.4 Å². The van der Waals surface area contributed by atoms with Crippen LogP contribution in [-0.2, 0) is 9.53 Å². The van der Waals surface area contributed by atoms with Crippen LogP contribution in [0.3, 0.4) is 0 Å². The van der Waals surface area contributed by atoms with Gasteiger partial charge in [0.2, 0.25) is 0 Å². The molecule has 1 aromatic carbocycles. The van der Waals surface area contributed by atoms with Crippen LogP contribution in [0.5, 0.6) is 0 Å². The molecule has 0 bridgehead atoms. The van der Waals surface area contributed by atoms with E-state index in [9.17, 15) is 4.79 Å². The molecule has 0 radical (unpaired) electrons. The van der Waals surface area contributed by atoms with Crippen molar-refractivity contribution in [2.45, 2.75) is 32.8 Å². The van der Waals surface area contributed by atoms with Crippen molar-refractivity contribution in [3.63, 3.8) is 0 Å². The Morgan fingerprint density at radius 1 is 1.39 bits per heavy atom. The minimum atomic E-state index is -0.457. The van der Waals surface area contributed by atoms with Gasteiger partial charge in [-0.05, 0) is 32.9 Å². The van der Waals surface area contributed by atoms with Crippen LogP contribution in [0, 0.1) is 11.3 Å². The van der Waals surface area contributed by atoms with Crippen molar-refractivity contribution in [2.75, 3.05) is 11.9 Å². The molecule has 1 rings (SSSR count). The van der Waals surface area contributed by atoms with Gasteiger partial charge in [0.1, 0.15) is 11.7 Å². The highest BCUT2D eigenvalue weighted by molar-refractivity contribution is 5.70. The molecule has 0 unspecified atom stereocenters. The predicted molar refractivity (Wildman–Crippen MR) is 70.1 cm³/mol. The van der Waals surface area contributed by atoms with Gasteiger partial charge in [-0.15, -0.1) is 0 Å². The Morgan fingerprint density at radius 2 is 2.06 bits per heavy atom. The Balaban J connectivity index is 2.43. The van der Waals surface area contributed by atoms with E-state index >= 15 is 0 Å². The van der Waals surface area contributed by atoms with Crippen LogP contribution in [0.2, 0.25) is 0 Å². The molecule has 1 N–H and O–H groups in total. The zero-order valence-electron chi connectivity index (χ0n) is 11.0. The van der Waals surface area contributed by atoms with Crippen LogP contribution < -0.4 is 5.32 Å². The average Bonchev–Trinajstić information content (AvgIpc) is 2.27. The van der Waals surface area contributed by atoms with Gasteiger partial charge in [0, 0.05) is 6.54 Å². The lowest BCUT2D eigenvalue weighted by Crippen LogP contribution is -2.25. The highest BCUT2D eigenvalue weighted by Crippen LogP contribution is 2.13. The fourth-order valence-electron chi connectivity index (χ4n) is 1.43. The lowest BCUT2D eigenvalue weighted by atomic mass is 10.2. The van der Waals surface area contributed by atoms with E-state index in [1.807, 2.05) is 32.9 Å². The highest BCUT2D eigenvalue weighted by atomic mass is 16.6. The average molecular weight is 246 g/mol. The second-order valence-electron chi connectivity index (χ2n) is 4.92. The van der Waals surface area contributed by atoms with Gasteiger partial charge >= 0.3 is 5.97 Å². The lowest BCUT2D eigenvalue weighted by Gasteiger charge is -2.19. The summed E-state index contributed by atoms with van der Waals surface area (Å²) in [6.07, 6.45) is 0.275. The molecule has 0 saturated heterocycles. The summed E-state index contributed by atoms with van der Waals surface area (Å²) in [6.45, 7) is 5.96. The Kier molecular flexibility index (Phi) is 4.73. The Bertz CT molecular complexity index is 456. The SMILES string of the molecule is CC(C)(C)OC(=O)CCNc1ccccc1C#N.